The van der Waals surface area contributed by atoms with Crippen LogP contribution in [0.1, 0.15) is 40.0 Å². The number of hydrogen-bond acceptors (Lipinski definition) is 3. The van der Waals surface area contributed by atoms with Crippen molar-refractivity contribution < 1.29 is 9.59 Å². The van der Waals surface area contributed by atoms with Crippen molar-refractivity contribution >= 4 is 11.8 Å². The van der Waals surface area contributed by atoms with Gasteiger partial charge in [-0.3, -0.25) is 14.5 Å². The molecule has 1 heterocycles. The number of nitrogens with one attached hydrogen (secondary N) is 1. The summed E-state index contributed by atoms with van der Waals surface area (Å²) in [7, 11) is 0. The molecule has 21 heavy (non-hydrogen) atoms. The van der Waals surface area contributed by atoms with E-state index in [0.717, 1.165) is 32.6 Å². The molecule has 2 amide bonds. The third kappa shape index (κ3) is 4.43. The summed E-state index contributed by atoms with van der Waals surface area (Å²) in [5, 5.41) is 3.22. The highest BCUT2D eigenvalue weighted by Crippen LogP contribution is 2.29. The van der Waals surface area contributed by atoms with Crippen LogP contribution in [-0.4, -0.2) is 60.4 Å². The largest absolute Gasteiger partial charge is 0.352 e. The van der Waals surface area contributed by atoms with Gasteiger partial charge in [0.15, 0.2) is 0 Å². The van der Waals surface area contributed by atoms with Gasteiger partial charge in [0.1, 0.15) is 0 Å². The lowest BCUT2D eigenvalue weighted by Crippen LogP contribution is -2.52. The molecule has 0 spiro atoms. The van der Waals surface area contributed by atoms with Gasteiger partial charge in [-0.15, -0.1) is 0 Å². The smallest absolute Gasteiger partial charge is 0.234 e. The van der Waals surface area contributed by atoms with E-state index in [0.29, 0.717) is 24.4 Å². The second-order valence-corrected chi connectivity index (χ2v) is 6.72. The van der Waals surface area contributed by atoms with E-state index >= 15 is 0 Å². The first-order chi connectivity index (χ1) is 9.97. The van der Waals surface area contributed by atoms with Crippen LogP contribution >= 0.6 is 0 Å². The Morgan fingerprint density at radius 3 is 2.38 bits per heavy atom. The summed E-state index contributed by atoms with van der Waals surface area (Å²) in [5.41, 5.74) is 0. The number of nitrogens with zero attached hydrogens (tertiary/aromatic N) is 2. The van der Waals surface area contributed by atoms with Crippen molar-refractivity contribution in [2.75, 3.05) is 32.7 Å². The predicted octanol–water partition coefficient (Wildman–Crippen LogP) is 1.09. The number of carbonyl (C=O) groups is 2. The van der Waals surface area contributed by atoms with Crippen LogP contribution in [0.3, 0.4) is 0 Å². The second kappa shape index (κ2) is 7.25. The standard InChI is InChI=1S/C16H29N3O2/c1-12-5-4-6-15(13(12)2)17-16(21)11-18-7-9-19(10-8-18)14(3)20/h12-13,15H,4-11H2,1-3H3,(H,17,21)/t12-,13+,15+/m0/s1. The molecule has 2 rings (SSSR count). The molecule has 0 unspecified atom stereocenters. The zero-order valence-electron chi connectivity index (χ0n) is 13.6. The molecule has 120 valence electrons. The Kier molecular flexibility index (Phi) is 5.62. The summed E-state index contributed by atoms with van der Waals surface area (Å²) in [6.45, 7) is 9.66. The van der Waals surface area contributed by atoms with Gasteiger partial charge >= 0.3 is 0 Å². The van der Waals surface area contributed by atoms with Crippen molar-refractivity contribution in [3.8, 4) is 0 Å². The molecule has 0 aromatic rings. The van der Waals surface area contributed by atoms with Crippen molar-refractivity contribution in [2.24, 2.45) is 11.8 Å². The van der Waals surface area contributed by atoms with Gasteiger partial charge in [0.2, 0.25) is 11.8 Å². The van der Waals surface area contributed by atoms with Gasteiger partial charge < -0.3 is 10.2 Å². The Labute approximate surface area is 128 Å². The average Bonchev–Trinajstić information content (AvgIpc) is 2.44. The predicted molar refractivity (Wildman–Crippen MR) is 82.8 cm³/mol. The van der Waals surface area contributed by atoms with Crippen LogP contribution in [0.15, 0.2) is 0 Å². The molecule has 0 radical (unpaired) electrons. The molecular weight excluding hydrogens is 266 g/mol. The zero-order valence-corrected chi connectivity index (χ0v) is 13.6. The molecule has 5 heteroatoms. The van der Waals surface area contributed by atoms with E-state index in [2.05, 4.69) is 24.1 Å². The lowest BCUT2D eigenvalue weighted by atomic mass is 9.78. The van der Waals surface area contributed by atoms with E-state index < -0.39 is 0 Å². The van der Waals surface area contributed by atoms with Crippen LogP contribution < -0.4 is 5.32 Å². The van der Waals surface area contributed by atoms with Gasteiger partial charge in [0, 0.05) is 39.1 Å². The van der Waals surface area contributed by atoms with Gasteiger partial charge in [0.05, 0.1) is 6.54 Å². The number of rotatable bonds is 3. The highest BCUT2D eigenvalue weighted by Gasteiger charge is 2.28. The minimum Gasteiger partial charge on any atom is -0.352 e. The molecule has 5 nitrogen and oxygen atoms in total. The number of hydrogen-bond donors (Lipinski definition) is 1. The van der Waals surface area contributed by atoms with Gasteiger partial charge in [-0.25, -0.2) is 0 Å². The van der Waals surface area contributed by atoms with Crippen molar-refractivity contribution in [3.05, 3.63) is 0 Å². The van der Waals surface area contributed by atoms with Crippen molar-refractivity contribution in [1.29, 1.82) is 0 Å². The molecule has 0 bridgehead atoms. The fraction of sp³-hybridized carbons (Fsp3) is 0.875. The first-order valence-corrected chi connectivity index (χ1v) is 8.24. The Bertz CT molecular complexity index is 378. The van der Waals surface area contributed by atoms with Crippen LogP contribution in [-0.2, 0) is 9.59 Å². The normalized spacial score (nSPS) is 31.0. The lowest BCUT2D eigenvalue weighted by Gasteiger charge is -2.36. The van der Waals surface area contributed by atoms with E-state index in [-0.39, 0.29) is 11.8 Å². The molecule has 2 fully saturated rings. The molecule has 1 aliphatic carbocycles. The molecule has 0 aromatic carbocycles. The monoisotopic (exact) mass is 295 g/mol. The Morgan fingerprint density at radius 2 is 1.76 bits per heavy atom. The lowest BCUT2D eigenvalue weighted by molar-refractivity contribution is -0.131. The van der Waals surface area contributed by atoms with Gasteiger partial charge in [0.25, 0.3) is 0 Å². The van der Waals surface area contributed by atoms with E-state index in [1.54, 1.807) is 6.92 Å². The average molecular weight is 295 g/mol. The SMILES string of the molecule is CC(=O)N1CCN(CC(=O)N[C@@H]2CCC[C@H](C)[C@H]2C)CC1. The summed E-state index contributed by atoms with van der Waals surface area (Å²) in [4.78, 5) is 27.5. The maximum Gasteiger partial charge on any atom is 0.234 e. The topological polar surface area (TPSA) is 52.7 Å². The first-order valence-electron chi connectivity index (χ1n) is 8.24. The highest BCUT2D eigenvalue weighted by atomic mass is 16.2. The fourth-order valence-corrected chi connectivity index (χ4v) is 3.46. The summed E-state index contributed by atoms with van der Waals surface area (Å²) < 4.78 is 0. The highest BCUT2D eigenvalue weighted by molar-refractivity contribution is 5.78. The maximum atomic E-state index is 12.2. The summed E-state index contributed by atoms with van der Waals surface area (Å²) in [6.07, 6.45) is 3.60. The number of amides is 2. The van der Waals surface area contributed by atoms with Crippen molar-refractivity contribution in [3.63, 3.8) is 0 Å². The molecule has 3 atom stereocenters. The fourth-order valence-electron chi connectivity index (χ4n) is 3.46. The quantitative estimate of drug-likeness (QED) is 0.848. The minimum absolute atomic E-state index is 0.129. The van der Waals surface area contributed by atoms with E-state index in [1.165, 1.54) is 12.8 Å². The summed E-state index contributed by atoms with van der Waals surface area (Å²) in [6, 6.07) is 0.333. The van der Waals surface area contributed by atoms with E-state index in [1.807, 2.05) is 4.90 Å². The van der Waals surface area contributed by atoms with Crippen LogP contribution in [0, 0.1) is 11.8 Å². The second-order valence-electron chi connectivity index (χ2n) is 6.72. The summed E-state index contributed by atoms with van der Waals surface area (Å²) in [5.74, 6) is 1.53. The van der Waals surface area contributed by atoms with E-state index in [4.69, 9.17) is 0 Å². The van der Waals surface area contributed by atoms with Crippen LogP contribution in [0.4, 0.5) is 0 Å². The summed E-state index contributed by atoms with van der Waals surface area (Å²) >= 11 is 0. The van der Waals surface area contributed by atoms with Crippen molar-refractivity contribution in [1.82, 2.24) is 15.1 Å². The van der Waals surface area contributed by atoms with Crippen molar-refractivity contribution in [2.45, 2.75) is 46.1 Å². The molecule has 1 saturated heterocycles. The van der Waals surface area contributed by atoms with Crippen LogP contribution in [0.25, 0.3) is 0 Å². The zero-order chi connectivity index (χ0) is 15.4. The van der Waals surface area contributed by atoms with E-state index in [9.17, 15) is 9.59 Å². The minimum atomic E-state index is 0.129. The molecular formula is C16H29N3O2. The number of carbonyl (C=O) groups excluding carboxylic acids is 2. The third-order valence-corrected chi connectivity index (χ3v) is 5.24. The number of piperazine rings is 1. The molecule has 1 N–H and O–H groups in total. The van der Waals surface area contributed by atoms with Gasteiger partial charge in [-0.05, 0) is 18.3 Å². The molecule has 1 saturated carbocycles. The molecule has 1 aliphatic heterocycles. The third-order valence-electron chi connectivity index (χ3n) is 5.24. The molecule has 2 aliphatic rings. The van der Waals surface area contributed by atoms with Gasteiger partial charge in [-0.1, -0.05) is 26.7 Å². The Hall–Kier alpha value is -1.10. The van der Waals surface area contributed by atoms with Gasteiger partial charge in [-0.2, -0.15) is 0 Å². The van der Waals surface area contributed by atoms with Crippen LogP contribution in [0.5, 0.6) is 0 Å². The molecule has 0 aromatic heterocycles. The Balaban J connectivity index is 1.74. The Morgan fingerprint density at radius 1 is 1.10 bits per heavy atom. The first kappa shape index (κ1) is 16.3. The maximum absolute atomic E-state index is 12.2. The van der Waals surface area contributed by atoms with Crippen LogP contribution in [0.2, 0.25) is 0 Å².